The minimum Gasteiger partial charge on any atom is -0.529 e. The number of benzene rings is 1. The van der Waals surface area contributed by atoms with Crippen LogP contribution >= 0.6 is 11.6 Å². The molecule has 0 aliphatic heterocycles. The SMILES string of the molecule is O=C([O-])NS(=O)(=O)c1ccc(Cl)cc1. The van der Waals surface area contributed by atoms with Gasteiger partial charge in [0.15, 0.2) is 0 Å². The van der Waals surface area contributed by atoms with Gasteiger partial charge in [-0.25, -0.2) is 8.42 Å². The molecule has 0 heterocycles. The van der Waals surface area contributed by atoms with Gasteiger partial charge in [-0.05, 0) is 24.3 Å². The van der Waals surface area contributed by atoms with Crippen molar-refractivity contribution in [3.8, 4) is 0 Å². The highest BCUT2D eigenvalue weighted by molar-refractivity contribution is 7.90. The van der Waals surface area contributed by atoms with Gasteiger partial charge in [0.2, 0.25) is 0 Å². The summed E-state index contributed by atoms with van der Waals surface area (Å²) in [5.41, 5.74) is 0. The zero-order valence-electron chi connectivity index (χ0n) is 6.73. The third kappa shape index (κ3) is 2.61. The van der Waals surface area contributed by atoms with Crippen LogP contribution in [0.3, 0.4) is 0 Å². The molecule has 0 unspecified atom stereocenters. The van der Waals surface area contributed by atoms with E-state index in [-0.39, 0.29) is 4.90 Å². The predicted octanol–water partition coefficient (Wildman–Crippen LogP) is -0.0384. The van der Waals surface area contributed by atoms with Crippen molar-refractivity contribution in [1.82, 2.24) is 4.72 Å². The molecule has 0 radical (unpaired) electrons. The molecule has 0 spiro atoms. The number of hydrogen-bond donors (Lipinski definition) is 1. The fourth-order valence-corrected chi connectivity index (χ4v) is 1.74. The average molecular weight is 235 g/mol. The molecular weight excluding hydrogens is 230 g/mol. The van der Waals surface area contributed by atoms with Crippen LogP contribution in [-0.4, -0.2) is 14.5 Å². The van der Waals surface area contributed by atoms with Gasteiger partial charge in [-0.3, -0.25) is 4.72 Å². The summed E-state index contributed by atoms with van der Waals surface area (Å²) in [6.45, 7) is 0. The van der Waals surface area contributed by atoms with Crippen molar-refractivity contribution >= 4 is 27.7 Å². The van der Waals surface area contributed by atoms with Crippen LogP contribution in [-0.2, 0) is 10.0 Å². The first-order valence-corrected chi connectivity index (χ1v) is 5.27. The van der Waals surface area contributed by atoms with Crippen LogP contribution < -0.4 is 9.83 Å². The van der Waals surface area contributed by atoms with Crippen LogP contribution in [0.25, 0.3) is 0 Å². The van der Waals surface area contributed by atoms with Crippen molar-refractivity contribution in [1.29, 1.82) is 0 Å². The molecule has 0 aromatic heterocycles. The summed E-state index contributed by atoms with van der Waals surface area (Å²) in [4.78, 5) is 9.84. The molecule has 0 aliphatic rings. The fraction of sp³-hybridized carbons (Fsp3) is 0. The molecule has 5 nitrogen and oxygen atoms in total. The summed E-state index contributed by atoms with van der Waals surface area (Å²) >= 11 is 5.52. The van der Waals surface area contributed by atoms with E-state index in [9.17, 15) is 18.3 Å². The third-order valence-corrected chi connectivity index (χ3v) is 2.92. The molecule has 1 rings (SSSR count). The molecule has 1 amide bonds. The maximum atomic E-state index is 11.2. The average Bonchev–Trinajstić information content (AvgIpc) is 2.02. The molecule has 0 fully saturated rings. The highest BCUT2D eigenvalue weighted by Gasteiger charge is 2.12. The number of rotatable bonds is 2. The smallest absolute Gasteiger partial charge is 0.262 e. The fourth-order valence-electron chi connectivity index (χ4n) is 0.782. The Labute approximate surface area is 85.4 Å². The molecular formula is C7H5ClNO4S-. The van der Waals surface area contributed by atoms with E-state index < -0.39 is 16.1 Å². The van der Waals surface area contributed by atoms with E-state index in [4.69, 9.17) is 11.6 Å². The molecule has 14 heavy (non-hydrogen) atoms. The van der Waals surface area contributed by atoms with Crippen LogP contribution in [0.1, 0.15) is 0 Å². The summed E-state index contributed by atoms with van der Waals surface area (Å²) < 4.78 is 23.6. The Bertz CT molecular complexity index is 439. The van der Waals surface area contributed by atoms with Crippen LogP contribution in [0.4, 0.5) is 4.79 Å². The number of sulfonamides is 1. The second-order valence-electron chi connectivity index (χ2n) is 2.35. The van der Waals surface area contributed by atoms with Gasteiger partial charge in [-0.2, -0.15) is 0 Å². The van der Waals surface area contributed by atoms with E-state index in [2.05, 4.69) is 0 Å². The quantitative estimate of drug-likeness (QED) is 0.778. The highest BCUT2D eigenvalue weighted by Crippen LogP contribution is 2.13. The summed E-state index contributed by atoms with van der Waals surface area (Å²) in [6, 6.07) is 5.05. The largest absolute Gasteiger partial charge is 0.529 e. The number of carboxylic acid groups (broad SMARTS) is 1. The lowest BCUT2D eigenvalue weighted by molar-refractivity contribution is -0.247. The number of carbonyl (C=O) groups excluding carboxylic acids is 1. The van der Waals surface area contributed by atoms with Gasteiger partial charge in [-0.1, -0.05) is 11.6 Å². The Hall–Kier alpha value is -1.27. The van der Waals surface area contributed by atoms with Crippen molar-refractivity contribution in [2.45, 2.75) is 4.90 Å². The third-order valence-electron chi connectivity index (χ3n) is 1.34. The molecule has 1 N–H and O–H groups in total. The topological polar surface area (TPSA) is 86.3 Å². The van der Waals surface area contributed by atoms with E-state index in [0.29, 0.717) is 5.02 Å². The first-order chi connectivity index (χ1) is 6.42. The lowest BCUT2D eigenvalue weighted by atomic mass is 10.4. The number of carbonyl (C=O) groups is 1. The zero-order valence-corrected chi connectivity index (χ0v) is 8.30. The second kappa shape index (κ2) is 3.85. The van der Waals surface area contributed by atoms with Gasteiger partial charge in [0.1, 0.15) is 6.09 Å². The standard InChI is InChI=1S/C7H6ClNO4S/c8-5-1-3-6(4-2-5)14(12,13)9-7(10)11/h1-4,9H,(H,10,11)/p-1. The van der Waals surface area contributed by atoms with Gasteiger partial charge in [-0.15, -0.1) is 0 Å². The van der Waals surface area contributed by atoms with Gasteiger partial charge in [0.25, 0.3) is 10.0 Å². The lowest BCUT2D eigenvalue weighted by Gasteiger charge is -2.07. The monoisotopic (exact) mass is 234 g/mol. The summed E-state index contributed by atoms with van der Waals surface area (Å²) in [6.07, 6.45) is -1.88. The normalized spacial score (nSPS) is 10.9. The van der Waals surface area contributed by atoms with E-state index in [0.717, 1.165) is 0 Å². The maximum Gasteiger partial charge on any atom is 0.262 e. The number of nitrogens with one attached hydrogen (secondary N) is 1. The molecule has 0 bridgehead atoms. The van der Waals surface area contributed by atoms with Crippen LogP contribution in [0.2, 0.25) is 5.02 Å². The Morgan fingerprint density at radius 3 is 2.21 bits per heavy atom. The maximum absolute atomic E-state index is 11.2. The molecule has 1 aromatic carbocycles. The van der Waals surface area contributed by atoms with E-state index in [1.165, 1.54) is 29.0 Å². The van der Waals surface area contributed by atoms with Crippen LogP contribution in [0.5, 0.6) is 0 Å². The van der Waals surface area contributed by atoms with Crippen molar-refractivity contribution in [2.75, 3.05) is 0 Å². The molecule has 1 aromatic rings. The van der Waals surface area contributed by atoms with E-state index in [1.54, 1.807) is 0 Å². The molecule has 7 heteroatoms. The molecule has 0 atom stereocenters. The second-order valence-corrected chi connectivity index (χ2v) is 4.47. The van der Waals surface area contributed by atoms with Gasteiger partial charge >= 0.3 is 0 Å². The molecule has 0 aliphatic carbocycles. The summed E-state index contributed by atoms with van der Waals surface area (Å²) in [5.74, 6) is 0. The Balaban J connectivity index is 3.05. The number of halogens is 1. The van der Waals surface area contributed by atoms with Crippen LogP contribution in [0, 0.1) is 0 Å². The van der Waals surface area contributed by atoms with Crippen molar-refractivity contribution in [3.63, 3.8) is 0 Å². The number of hydrogen-bond acceptors (Lipinski definition) is 4. The van der Waals surface area contributed by atoms with Gasteiger partial charge in [0, 0.05) is 5.02 Å². The predicted molar refractivity (Wildman–Crippen MR) is 47.2 cm³/mol. The lowest BCUT2D eigenvalue weighted by Crippen LogP contribution is -2.40. The molecule has 0 saturated carbocycles. The highest BCUT2D eigenvalue weighted by atomic mass is 35.5. The summed E-state index contributed by atoms with van der Waals surface area (Å²) in [5, 5.41) is 10.4. The van der Waals surface area contributed by atoms with Crippen molar-refractivity contribution < 1.29 is 18.3 Å². The first-order valence-electron chi connectivity index (χ1n) is 3.41. The van der Waals surface area contributed by atoms with Crippen molar-refractivity contribution in [2.24, 2.45) is 0 Å². The Morgan fingerprint density at radius 2 is 1.79 bits per heavy atom. The van der Waals surface area contributed by atoms with Crippen LogP contribution in [0.15, 0.2) is 29.2 Å². The number of amides is 1. The van der Waals surface area contributed by atoms with E-state index in [1.807, 2.05) is 0 Å². The van der Waals surface area contributed by atoms with E-state index >= 15 is 0 Å². The minimum atomic E-state index is -4.05. The van der Waals surface area contributed by atoms with Gasteiger partial charge in [0.05, 0.1) is 4.90 Å². The zero-order chi connectivity index (χ0) is 10.8. The van der Waals surface area contributed by atoms with Gasteiger partial charge < -0.3 is 9.90 Å². The Morgan fingerprint density at radius 1 is 1.29 bits per heavy atom. The Kier molecular flexibility index (Phi) is 2.97. The minimum absolute atomic E-state index is 0.189. The first kappa shape index (κ1) is 10.8. The molecule has 0 saturated heterocycles. The summed E-state index contributed by atoms with van der Waals surface area (Å²) in [7, 11) is -4.05. The molecule has 76 valence electrons. The van der Waals surface area contributed by atoms with Crippen molar-refractivity contribution in [3.05, 3.63) is 29.3 Å².